The van der Waals surface area contributed by atoms with Crippen molar-refractivity contribution in [2.75, 3.05) is 7.05 Å². The second-order valence-corrected chi connectivity index (χ2v) is 7.45. The second kappa shape index (κ2) is 7.87. The van der Waals surface area contributed by atoms with Gasteiger partial charge in [-0.2, -0.15) is 0 Å². The van der Waals surface area contributed by atoms with Crippen molar-refractivity contribution in [1.29, 1.82) is 0 Å². The molecule has 0 heterocycles. The molecule has 2 unspecified atom stereocenters. The highest BCUT2D eigenvalue weighted by Crippen LogP contribution is 2.42. The van der Waals surface area contributed by atoms with Crippen LogP contribution in [-0.4, -0.2) is 23.9 Å². The van der Waals surface area contributed by atoms with E-state index in [2.05, 4.69) is 0 Å². The Balaban J connectivity index is 0.00000192. The Bertz CT molecular complexity index is 520. The summed E-state index contributed by atoms with van der Waals surface area (Å²) < 4.78 is 0. The van der Waals surface area contributed by atoms with Gasteiger partial charge in [0.1, 0.15) is 0 Å². The van der Waals surface area contributed by atoms with Gasteiger partial charge >= 0.3 is 0 Å². The molecule has 0 spiro atoms. The highest BCUT2D eigenvalue weighted by molar-refractivity contribution is 6.30. The number of carbonyl (C=O) groups excluding carboxylic acids is 1. The molecule has 2 aliphatic carbocycles. The number of benzene rings is 1. The number of carbonyl (C=O) groups is 1. The molecule has 5 heteroatoms. The SMILES string of the molecule is CN(Cc1ccc(Cl)cc1)C(=O)C1CC2CCCC(C1)C2N.Cl. The summed E-state index contributed by atoms with van der Waals surface area (Å²) in [6.07, 6.45) is 5.62. The normalized spacial score (nSPS) is 29.5. The first-order chi connectivity index (χ1) is 10.5. The van der Waals surface area contributed by atoms with E-state index >= 15 is 0 Å². The quantitative estimate of drug-likeness (QED) is 0.893. The molecule has 2 aliphatic rings. The Morgan fingerprint density at radius 3 is 2.35 bits per heavy atom. The zero-order chi connectivity index (χ0) is 15.7. The topological polar surface area (TPSA) is 46.3 Å². The van der Waals surface area contributed by atoms with E-state index in [4.69, 9.17) is 17.3 Å². The number of nitrogens with two attached hydrogens (primary N) is 1. The van der Waals surface area contributed by atoms with Crippen molar-refractivity contribution in [3.8, 4) is 0 Å². The summed E-state index contributed by atoms with van der Waals surface area (Å²) in [5.41, 5.74) is 7.44. The third-order valence-electron chi connectivity index (χ3n) is 5.47. The highest BCUT2D eigenvalue weighted by Gasteiger charge is 2.41. The van der Waals surface area contributed by atoms with Crippen LogP contribution in [0.4, 0.5) is 0 Å². The van der Waals surface area contributed by atoms with Gasteiger partial charge < -0.3 is 10.6 Å². The Hall–Kier alpha value is -0.770. The van der Waals surface area contributed by atoms with Gasteiger partial charge in [-0.1, -0.05) is 30.2 Å². The summed E-state index contributed by atoms with van der Waals surface area (Å²) in [6, 6.07) is 8.03. The summed E-state index contributed by atoms with van der Waals surface area (Å²) in [5, 5.41) is 0.729. The van der Waals surface area contributed by atoms with Gasteiger partial charge in [-0.25, -0.2) is 0 Å². The maximum absolute atomic E-state index is 12.8. The largest absolute Gasteiger partial charge is 0.341 e. The van der Waals surface area contributed by atoms with Gasteiger partial charge in [0.15, 0.2) is 0 Å². The van der Waals surface area contributed by atoms with Gasteiger partial charge in [-0.15, -0.1) is 12.4 Å². The molecule has 0 saturated heterocycles. The number of amides is 1. The fourth-order valence-corrected chi connectivity index (χ4v) is 4.37. The molecular formula is C18H26Cl2N2O. The van der Waals surface area contributed by atoms with E-state index in [1.165, 1.54) is 19.3 Å². The number of rotatable bonds is 3. The van der Waals surface area contributed by atoms with Crippen LogP contribution < -0.4 is 5.73 Å². The maximum Gasteiger partial charge on any atom is 0.225 e. The fourth-order valence-electron chi connectivity index (χ4n) is 4.24. The standard InChI is InChI=1S/C18H25ClN2O.ClH/c1-21(11-12-5-7-16(19)8-6-12)18(22)15-9-13-3-2-4-14(10-15)17(13)20;/h5-8,13-15,17H,2-4,9-11,20H2,1H3;1H. The molecule has 2 atom stereocenters. The van der Waals surface area contributed by atoms with E-state index < -0.39 is 0 Å². The third kappa shape index (κ3) is 4.20. The first kappa shape index (κ1) is 18.6. The van der Waals surface area contributed by atoms with E-state index in [-0.39, 0.29) is 24.2 Å². The lowest BCUT2D eigenvalue weighted by molar-refractivity contribution is -0.137. The van der Waals surface area contributed by atoms with Crippen molar-refractivity contribution in [2.24, 2.45) is 23.5 Å². The van der Waals surface area contributed by atoms with Crippen LogP contribution in [0.5, 0.6) is 0 Å². The lowest BCUT2D eigenvalue weighted by Crippen LogP contribution is -2.49. The van der Waals surface area contributed by atoms with Crippen LogP contribution in [0.1, 0.15) is 37.7 Å². The Morgan fingerprint density at radius 1 is 1.22 bits per heavy atom. The fraction of sp³-hybridized carbons (Fsp3) is 0.611. The van der Waals surface area contributed by atoms with Crippen LogP contribution in [0.25, 0.3) is 0 Å². The van der Waals surface area contributed by atoms with Crippen LogP contribution >= 0.6 is 24.0 Å². The van der Waals surface area contributed by atoms with E-state index in [1.54, 1.807) is 0 Å². The lowest BCUT2D eigenvalue weighted by Gasteiger charge is -2.44. The van der Waals surface area contributed by atoms with Crippen molar-refractivity contribution in [3.63, 3.8) is 0 Å². The Labute approximate surface area is 150 Å². The van der Waals surface area contributed by atoms with Crippen LogP contribution in [0.2, 0.25) is 5.02 Å². The van der Waals surface area contributed by atoms with E-state index in [9.17, 15) is 4.79 Å². The molecule has 23 heavy (non-hydrogen) atoms. The first-order valence-corrected chi connectivity index (χ1v) is 8.67. The predicted octanol–water partition coefficient (Wildman–Crippen LogP) is 3.87. The van der Waals surface area contributed by atoms with Gasteiger partial charge in [0, 0.05) is 30.6 Å². The summed E-state index contributed by atoms with van der Waals surface area (Å²) in [7, 11) is 1.90. The maximum atomic E-state index is 12.8. The summed E-state index contributed by atoms with van der Waals surface area (Å²) >= 11 is 5.91. The molecule has 1 aromatic rings. The number of halogens is 2. The Morgan fingerprint density at radius 2 is 1.78 bits per heavy atom. The van der Waals surface area contributed by atoms with Crippen LogP contribution in [-0.2, 0) is 11.3 Å². The van der Waals surface area contributed by atoms with Gasteiger partial charge in [-0.3, -0.25) is 4.79 Å². The third-order valence-corrected chi connectivity index (χ3v) is 5.72. The van der Waals surface area contributed by atoms with Gasteiger partial charge in [0.25, 0.3) is 0 Å². The van der Waals surface area contributed by atoms with E-state index in [1.807, 2.05) is 36.2 Å². The molecule has 1 aromatic carbocycles. The zero-order valence-corrected chi connectivity index (χ0v) is 15.2. The summed E-state index contributed by atoms with van der Waals surface area (Å²) in [4.78, 5) is 14.6. The van der Waals surface area contributed by atoms with Crippen molar-refractivity contribution < 1.29 is 4.79 Å². The smallest absolute Gasteiger partial charge is 0.225 e. The molecule has 0 aliphatic heterocycles. The van der Waals surface area contributed by atoms with Crippen molar-refractivity contribution >= 4 is 29.9 Å². The molecule has 3 rings (SSSR count). The van der Waals surface area contributed by atoms with Crippen molar-refractivity contribution in [2.45, 2.75) is 44.7 Å². The Kier molecular flexibility index (Phi) is 6.35. The monoisotopic (exact) mass is 356 g/mol. The van der Waals surface area contributed by atoms with E-state index in [0.717, 1.165) is 23.4 Å². The average molecular weight is 357 g/mol. The van der Waals surface area contributed by atoms with Crippen LogP contribution in [0, 0.1) is 17.8 Å². The molecule has 2 fully saturated rings. The van der Waals surface area contributed by atoms with Crippen molar-refractivity contribution in [1.82, 2.24) is 4.90 Å². The molecular weight excluding hydrogens is 331 g/mol. The number of nitrogens with zero attached hydrogens (tertiary/aromatic N) is 1. The number of hydrogen-bond donors (Lipinski definition) is 1. The minimum Gasteiger partial charge on any atom is -0.341 e. The van der Waals surface area contributed by atoms with Gasteiger partial charge in [-0.05, 0) is 55.2 Å². The van der Waals surface area contributed by atoms with Gasteiger partial charge in [0.05, 0.1) is 0 Å². The van der Waals surface area contributed by atoms with Crippen LogP contribution in [0.3, 0.4) is 0 Å². The average Bonchev–Trinajstić information content (AvgIpc) is 2.48. The second-order valence-electron chi connectivity index (χ2n) is 7.02. The molecule has 1 amide bonds. The molecule has 0 radical (unpaired) electrons. The lowest BCUT2D eigenvalue weighted by atomic mass is 9.65. The predicted molar refractivity (Wildman–Crippen MR) is 96.7 cm³/mol. The van der Waals surface area contributed by atoms with Crippen molar-refractivity contribution in [3.05, 3.63) is 34.9 Å². The number of hydrogen-bond acceptors (Lipinski definition) is 2. The molecule has 2 saturated carbocycles. The minimum absolute atomic E-state index is 0. The van der Waals surface area contributed by atoms with Crippen LogP contribution in [0.15, 0.2) is 24.3 Å². The molecule has 2 bridgehead atoms. The highest BCUT2D eigenvalue weighted by atomic mass is 35.5. The molecule has 128 valence electrons. The van der Waals surface area contributed by atoms with E-state index in [0.29, 0.717) is 24.4 Å². The molecule has 3 nitrogen and oxygen atoms in total. The number of fused-ring (bicyclic) bond motifs is 2. The molecule has 0 aromatic heterocycles. The van der Waals surface area contributed by atoms with Gasteiger partial charge in [0.2, 0.25) is 5.91 Å². The molecule has 2 N–H and O–H groups in total. The summed E-state index contributed by atoms with van der Waals surface area (Å²) in [5.74, 6) is 1.53. The summed E-state index contributed by atoms with van der Waals surface area (Å²) in [6.45, 7) is 0.647. The first-order valence-electron chi connectivity index (χ1n) is 8.29. The minimum atomic E-state index is 0. The zero-order valence-electron chi connectivity index (χ0n) is 13.6.